The van der Waals surface area contributed by atoms with Gasteiger partial charge in [0.15, 0.2) is 12.4 Å². The molecule has 1 N–H and O–H groups in total. The van der Waals surface area contributed by atoms with Crippen LogP contribution >= 0.6 is 0 Å². The molecule has 1 amide bonds. The smallest absolute Gasteiger partial charge is 0.323 e. The number of nitrogens with one attached hydrogen (secondary N) is 1. The Labute approximate surface area is 185 Å². The number of nitro groups is 1. The molecule has 32 heavy (non-hydrogen) atoms. The van der Waals surface area contributed by atoms with Crippen LogP contribution in [0.3, 0.4) is 0 Å². The lowest BCUT2D eigenvalue weighted by atomic mass is 9.87. The third kappa shape index (κ3) is 6.53. The standard InChI is InChI=1S/C22H25N3O7/c1-14(26)32-18-11-6-15(20(25(28)29)21(18)30-5)12-23-24-19(27)13-31-17-9-7-16(8-10-17)22(2,3)4/h6-12H,13H2,1-5H3,(H,24,27). The molecule has 0 saturated heterocycles. The number of esters is 1. The Bertz CT molecular complexity index is 1030. The van der Waals surface area contributed by atoms with Gasteiger partial charge in [-0.3, -0.25) is 19.7 Å². The van der Waals surface area contributed by atoms with Crippen molar-refractivity contribution >= 4 is 23.8 Å². The number of hydrogen-bond acceptors (Lipinski definition) is 8. The van der Waals surface area contributed by atoms with E-state index in [2.05, 4.69) is 31.3 Å². The summed E-state index contributed by atoms with van der Waals surface area (Å²) in [6, 6.07) is 10.1. The van der Waals surface area contributed by atoms with E-state index in [0.29, 0.717) is 5.75 Å². The molecule has 10 heteroatoms. The number of carbonyl (C=O) groups excluding carboxylic acids is 2. The number of hydrogen-bond donors (Lipinski definition) is 1. The summed E-state index contributed by atoms with van der Waals surface area (Å²) in [6.45, 7) is 7.16. The Balaban J connectivity index is 2.04. The highest BCUT2D eigenvalue weighted by molar-refractivity contribution is 5.90. The minimum Gasteiger partial charge on any atom is -0.488 e. The van der Waals surface area contributed by atoms with Crippen molar-refractivity contribution in [3.05, 3.63) is 57.6 Å². The van der Waals surface area contributed by atoms with Gasteiger partial charge in [0.25, 0.3) is 5.91 Å². The van der Waals surface area contributed by atoms with Gasteiger partial charge >= 0.3 is 11.7 Å². The molecule has 0 aliphatic heterocycles. The number of nitro benzene ring substituents is 1. The molecule has 2 rings (SSSR count). The van der Waals surface area contributed by atoms with E-state index >= 15 is 0 Å². The van der Waals surface area contributed by atoms with Crippen LogP contribution in [0, 0.1) is 10.1 Å². The van der Waals surface area contributed by atoms with E-state index in [9.17, 15) is 19.7 Å². The number of ether oxygens (including phenoxy) is 3. The Morgan fingerprint density at radius 1 is 1.16 bits per heavy atom. The molecule has 2 aromatic rings. The summed E-state index contributed by atoms with van der Waals surface area (Å²) in [7, 11) is 1.21. The fourth-order valence-electron chi connectivity index (χ4n) is 2.70. The van der Waals surface area contributed by atoms with E-state index in [1.807, 2.05) is 12.1 Å². The highest BCUT2D eigenvalue weighted by atomic mass is 16.6. The van der Waals surface area contributed by atoms with Gasteiger partial charge in [0.1, 0.15) is 5.75 Å². The number of hydrazone groups is 1. The van der Waals surface area contributed by atoms with Crippen molar-refractivity contribution < 1.29 is 28.7 Å². The van der Waals surface area contributed by atoms with Crippen molar-refractivity contribution in [1.82, 2.24) is 5.43 Å². The van der Waals surface area contributed by atoms with Gasteiger partial charge in [-0.15, -0.1) is 0 Å². The predicted molar refractivity (Wildman–Crippen MR) is 117 cm³/mol. The number of benzene rings is 2. The predicted octanol–water partition coefficient (Wildman–Crippen LogP) is 3.36. The van der Waals surface area contributed by atoms with Crippen LogP contribution in [-0.2, 0) is 15.0 Å². The lowest BCUT2D eigenvalue weighted by Gasteiger charge is -2.19. The molecule has 0 aliphatic carbocycles. The first-order chi connectivity index (χ1) is 15.0. The molecule has 0 atom stereocenters. The van der Waals surface area contributed by atoms with Crippen LogP contribution in [0.4, 0.5) is 5.69 Å². The molecule has 0 unspecified atom stereocenters. The van der Waals surface area contributed by atoms with E-state index in [4.69, 9.17) is 14.2 Å². The Morgan fingerprint density at radius 2 is 1.81 bits per heavy atom. The van der Waals surface area contributed by atoms with E-state index < -0.39 is 22.5 Å². The molecule has 0 aromatic heterocycles. The molecule has 0 spiro atoms. The highest BCUT2D eigenvalue weighted by Crippen LogP contribution is 2.39. The fraction of sp³-hybridized carbons (Fsp3) is 0.318. The SMILES string of the molecule is COc1c(OC(C)=O)ccc(C=NNC(=O)COc2ccc(C(C)(C)C)cc2)c1[N+](=O)[O-]. The number of nitrogens with zero attached hydrogens (tertiary/aromatic N) is 2. The second kappa shape index (κ2) is 10.4. The molecule has 10 nitrogen and oxygen atoms in total. The summed E-state index contributed by atoms with van der Waals surface area (Å²) in [5.74, 6) is -1.01. The minimum atomic E-state index is -0.695. The normalized spacial score (nSPS) is 11.2. The fourth-order valence-corrected chi connectivity index (χ4v) is 2.70. The van der Waals surface area contributed by atoms with E-state index in [0.717, 1.165) is 18.7 Å². The minimum absolute atomic E-state index is 0.00626. The second-order valence-corrected chi connectivity index (χ2v) is 7.74. The lowest BCUT2D eigenvalue weighted by molar-refractivity contribution is -0.385. The van der Waals surface area contributed by atoms with Crippen LogP contribution in [-0.4, -0.2) is 36.7 Å². The number of carbonyl (C=O) groups is 2. The topological polar surface area (TPSA) is 129 Å². The van der Waals surface area contributed by atoms with Crippen molar-refractivity contribution in [3.8, 4) is 17.2 Å². The molecule has 0 saturated carbocycles. The average molecular weight is 443 g/mol. The molecule has 0 heterocycles. The molecule has 0 fully saturated rings. The van der Waals surface area contributed by atoms with Crippen LogP contribution in [0.2, 0.25) is 0 Å². The Kier molecular flexibility index (Phi) is 7.89. The zero-order valence-electron chi connectivity index (χ0n) is 18.5. The summed E-state index contributed by atoms with van der Waals surface area (Å²) in [4.78, 5) is 34.0. The second-order valence-electron chi connectivity index (χ2n) is 7.74. The summed E-state index contributed by atoms with van der Waals surface area (Å²) in [5, 5.41) is 15.2. The van der Waals surface area contributed by atoms with E-state index in [1.54, 1.807) is 12.1 Å². The monoisotopic (exact) mass is 443 g/mol. The summed E-state index contributed by atoms with van der Waals surface area (Å²) in [6.07, 6.45) is 1.09. The van der Waals surface area contributed by atoms with Crippen molar-refractivity contribution in [3.63, 3.8) is 0 Å². The highest BCUT2D eigenvalue weighted by Gasteiger charge is 2.25. The first-order valence-electron chi connectivity index (χ1n) is 9.62. The van der Waals surface area contributed by atoms with Gasteiger partial charge in [0.2, 0.25) is 5.75 Å². The summed E-state index contributed by atoms with van der Waals surface area (Å²) >= 11 is 0. The first-order valence-corrected chi connectivity index (χ1v) is 9.62. The van der Waals surface area contributed by atoms with Gasteiger partial charge < -0.3 is 14.2 Å². The summed E-state index contributed by atoms with van der Waals surface area (Å²) in [5.41, 5.74) is 2.97. The molecule has 0 bridgehead atoms. The van der Waals surface area contributed by atoms with Crippen LogP contribution in [0.15, 0.2) is 41.5 Å². The van der Waals surface area contributed by atoms with Crippen molar-refractivity contribution in [1.29, 1.82) is 0 Å². The zero-order valence-corrected chi connectivity index (χ0v) is 18.5. The third-order valence-electron chi connectivity index (χ3n) is 4.25. The zero-order chi connectivity index (χ0) is 23.9. The largest absolute Gasteiger partial charge is 0.488 e. The molecule has 2 aromatic carbocycles. The average Bonchev–Trinajstić information content (AvgIpc) is 2.71. The number of methoxy groups -OCH3 is 1. The summed E-state index contributed by atoms with van der Waals surface area (Å²) < 4.78 is 15.4. The van der Waals surface area contributed by atoms with Gasteiger partial charge in [-0.25, -0.2) is 5.43 Å². The van der Waals surface area contributed by atoms with Gasteiger partial charge in [-0.2, -0.15) is 5.10 Å². The number of amides is 1. The van der Waals surface area contributed by atoms with Crippen molar-refractivity contribution in [2.75, 3.05) is 13.7 Å². The lowest BCUT2D eigenvalue weighted by Crippen LogP contribution is -2.24. The van der Waals surface area contributed by atoms with E-state index in [1.165, 1.54) is 19.2 Å². The first kappa shape index (κ1) is 24.3. The quantitative estimate of drug-likeness (QED) is 0.218. The maximum absolute atomic E-state index is 12.0. The third-order valence-corrected chi connectivity index (χ3v) is 4.25. The van der Waals surface area contributed by atoms with Gasteiger partial charge in [0.05, 0.1) is 23.8 Å². The molecular formula is C22H25N3O7. The van der Waals surface area contributed by atoms with Crippen molar-refractivity contribution in [2.45, 2.75) is 33.1 Å². The van der Waals surface area contributed by atoms with E-state index in [-0.39, 0.29) is 29.1 Å². The maximum atomic E-state index is 12.0. The van der Waals surface area contributed by atoms with Gasteiger partial charge in [-0.05, 0) is 35.2 Å². The van der Waals surface area contributed by atoms with Gasteiger partial charge in [0, 0.05) is 6.92 Å². The number of rotatable bonds is 8. The van der Waals surface area contributed by atoms with Crippen LogP contribution in [0.1, 0.15) is 38.8 Å². The van der Waals surface area contributed by atoms with Crippen LogP contribution in [0.5, 0.6) is 17.2 Å². The maximum Gasteiger partial charge on any atom is 0.323 e. The molecular weight excluding hydrogens is 418 g/mol. The molecule has 0 aliphatic rings. The van der Waals surface area contributed by atoms with Crippen molar-refractivity contribution in [2.24, 2.45) is 5.10 Å². The van der Waals surface area contributed by atoms with Crippen LogP contribution < -0.4 is 19.6 Å². The molecule has 0 radical (unpaired) electrons. The molecule has 170 valence electrons. The Morgan fingerprint density at radius 3 is 2.34 bits per heavy atom. The Hall–Kier alpha value is -3.95. The van der Waals surface area contributed by atoms with Gasteiger partial charge in [-0.1, -0.05) is 32.9 Å². The van der Waals surface area contributed by atoms with Crippen LogP contribution in [0.25, 0.3) is 0 Å².